The molecule has 1 saturated carbocycles. The van der Waals surface area contributed by atoms with Crippen molar-refractivity contribution in [1.82, 2.24) is 4.90 Å². The molecule has 1 aliphatic rings. The number of carboxylic acids is 1. The van der Waals surface area contributed by atoms with Crippen LogP contribution in [0.5, 0.6) is 0 Å². The highest BCUT2D eigenvalue weighted by Crippen LogP contribution is 2.28. The van der Waals surface area contributed by atoms with Crippen LogP contribution in [0, 0.1) is 6.92 Å². The van der Waals surface area contributed by atoms with Crippen molar-refractivity contribution in [3.8, 4) is 0 Å². The van der Waals surface area contributed by atoms with Crippen molar-refractivity contribution in [1.29, 1.82) is 0 Å². The number of nitrogens with two attached hydrogens (primary N) is 1. The molecular formula is C14H18N2O3. The van der Waals surface area contributed by atoms with Crippen LogP contribution in [-0.2, 0) is 4.79 Å². The van der Waals surface area contributed by atoms with Crippen LogP contribution >= 0.6 is 0 Å². The van der Waals surface area contributed by atoms with Gasteiger partial charge in [0.1, 0.15) is 0 Å². The van der Waals surface area contributed by atoms with Crippen LogP contribution in [0.3, 0.4) is 0 Å². The van der Waals surface area contributed by atoms with Crippen molar-refractivity contribution in [2.45, 2.75) is 32.2 Å². The Morgan fingerprint density at radius 3 is 2.63 bits per heavy atom. The van der Waals surface area contributed by atoms with Crippen molar-refractivity contribution in [3.05, 3.63) is 29.3 Å². The minimum absolute atomic E-state index is 0.0177. The summed E-state index contributed by atoms with van der Waals surface area (Å²) < 4.78 is 0. The van der Waals surface area contributed by atoms with Gasteiger partial charge in [0.2, 0.25) is 0 Å². The number of hydrogen-bond acceptors (Lipinski definition) is 3. The second-order valence-electron chi connectivity index (χ2n) is 4.94. The quantitative estimate of drug-likeness (QED) is 0.790. The second-order valence-corrected chi connectivity index (χ2v) is 4.94. The Hall–Kier alpha value is -2.04. The number of amides is 1. The van der Waals surface area contributed by atoms with Crippen LogP contribution in [0.25, 0.3) is 0 Å². The van der Waals surface area contributed by atoms with Crippen molar-refractivity contribution in [2.75, 3.05) is 12.3 Å². The number of hydrogen-bond donors (Lipinski definition) is 2. The Kier molecular flexibility index (Phi) is 3.74. The fourth-order valence-corrected chi connectivity index (χ4v) is 2.03. The molecule has 0 atom stereocenters. The molecule has 1 aliphatic carbocycles. The maximum absolute atomic E-state index is 12.4. The van der Waals surface area contributed by atoms with Crippen LogP contribution in [0.2, 0.25) is 0 Å². The highest BCUT2D eigenvalue weighted by molar-refractivity contribution is 5.95. The number of aryl methyl sites for hydroxylation is 1. The molecule has 0 aromatic heterocycles. The third kappa shape index (κ3) is 3.24. The van der Waals surface area contributed by atoms with Gasteiger partial charge < -0.3 is 15.7 Å². The third-order valence-electron chi connectivity index (χ3n) is 3.33. The van der Waals surface area contributed by atoms with Gasteiger partial charge in [0.05, 0.1) is 6.42 Å². The smallest absolute Gasteiger partial charge is 0.305 e. The zero-order chi connectivity index (χ0) is 14.0. The fourth-order valence-electron chi connectivity index (χ4n) is 2.03. The fraction of sp³-hybridized carbons (Fsp3) is 0.429. The van der Waals surface area contributed by atoms with Gasteiger partial charge >= 0.3 is 5.97 Å². The maximum atomic E-state index is 12.4. The van der Waals surface area contributed by atoms with Gasteiger partial charge in [0.15, 0.2) is 0 Å². The lowest BCUT2D eigenvalue weighted by atomic mass is 10.1. The van der Waals surface area contributed by atoms with E-state index in [9.17, 15) is 9.59 Å². The van der Waals surface area contributed by atoms with Crippen LogP contribution in [0.15, 0.2) is 18.2 Å². The Morgan fingerprint density at radius 2 is 2.11 bits per heavy atom. The molecule has 1 aromatic carbocycles. The van der Waals surface area contributed by atoms with E-state index >= 15 is 0 Å². The number of nitrogen functional groups attached to an aromatic ring is 1. The highest BCUT2D eigenvalue weighted by Gasteiger charge is 2.33. The summed E-state index contributed by atoms with van der Waals surface area (Å²) in [6.07, 6.45) is 1.90. The van der Waals surface area contributed by atoms with Gasteiger partial charge in [-0.25, -0.2) is 0 Å². The van der Waals surface area contributed by atoms with Gasteiger partial charge in [-0.15, -0.1) is 0 Å². The zero-order valence-electron chi connectivity index (χ0n) is 10.9. The molecule has 0 radical (unpaired) electrons. The topological polar surface area (TPSA) is 83.6 Å². The Morgan fingerprint density at radius 1 is 1.42 bits per heavy atom. The number of rotatable bonds is 5. The average molecular weight is 262 g/mol. The van der Waals surface area contributed by atoms with Gasteiger partial charge in [-0.3, -0.25) is 9.59 Å². The Bertz CT molecular complexity index is 509. The normalized spacial score (nSPS) is 14.2. The van der Waals surface area contributed by atoms with Crippen LogP contribution in [0.1, 0.15) is 35.2 Å². The van der Waals surface area contributed by atoms with Gasteiger partial charge in [-0.2, -0.15) is 0 Å². The van der Waals surface area contributed by atoms with E-state index < -0.39 is 5.97 Å². The molecule has 0 spiro atoms. The van der Waals surface area contributed by atoms with Gasteiger partial charge in [-0.1, -0.05) is 0 Å². The van der Waals surface area contributed by atoms with E-state index in [-0.39, 0.29) is 24.9 Å². The van der Waals surface area contributed by atoms with Crippen molar-refractivity contribution in [2.24, 2.45) is 0 Å². The molecule has 1 fully saturated rings. The molecule has 102 valence electrons. The lowest BCUT2D eigenvalue weighted by Crippen LogP contribution is -2.35. The average Bonchev–Trinajstić information content (AvgIpc) is 3.16. The molecule has 0 heterocycles. The van der Waals surface area contributed by atoms with E-state index in [4.69, 9.17) is 10.8 Å². The predicted molar refractivity (Wildman–Crippen MR) is 71.9 cm³/mol. The Labute approximate surface area is 112 Å². The first-order valence-corrected chi connectivity index (χ1v) is 6.38. The van der Waals surface area contributed by atoms with E-state index in [2.05, 4.69) is 0 Å². The van der Waals surface area contributed by atoms with E-state index in [1.807, 2.05) is 6.92 Å². The molecule has 0 bridgehead atoms. The number of nitrogens with zero attached hydrogens (tertiary/aromatic N) is 1. The van der Waals surface area contributed by atoms with Crippen molar-refractivity contribution < 1.29 is 14.7 Å². The van der Waals surface area contributed by atoms with Gasteiger partial charge in [0, 0.05) is 23.8 Å². The molecule has 5 nitrogen and oxygen atoms in total. The summed E-state index contributed by atoms with van der Waals surface area (Å²) in [5.41, 5.74) is 7.82. The maximum Gasteiger partial charge on any atom is 0.305 e. The molecule has 3 N–H and O–H groups in total. The molecule has 5 heteroatoms. The predicted octanol–water partition coefficient (Wildman–Crippen LogP) is 1.66. The Balaban J connectivity index is 2.14. The third-order valence-corrected chi connectivity index (χ3v) is 3.33. The monoisotopic (exact) mass is 262 g/mol. The number of benzene rings is 1. The van der Waals surface area contributed by atoms with Gasteiger partial charge in [0.25, 0.3) is 5.91 Å². The zero-order valence-corrected chi connectivity index (χ0v) is 10.9. The SMILES string of the molecule is Cc1cc(C(=O)N(CCC(=O)O)C2CC2)ccc1N. The summed E-state index contributed by atoms with van der Waals surface area (Å²) in [5.74, 6) is -0.987. The van der Waals surface area contributed by atoms with Crippen LogP contribution < -0.4 is 5.73 Å². The number of carbonyl (C=O) groups excluding carboxylic acids is 1. The number of aliphatic carboxylic acids is 1. The summed E-state index contributed by atoms with van der Waals surface area (Å²) in [5, 5.41) is 8.74. The van der Waals surface area contributed by atoms with E-state index in [1.54, 1.807) is 23.1 Å². The second kappa shape index (κ2) is 5.30. The summed E-state index contributed by atoms with van der Waals surface area (Å²) >= 11 is 0. The summed E-state index contributed by atoms with van der Waals surface area (Å²) in [6.45, 7) is 2.12. The van der Waals surface area contributed by atoms with Crippen LogP contribution in [-0.4, -0.2) is 34.5 Å². The van der Waals surface area contributed by atoms with E-state index in [1.165, 1.54) is 0 Å². The largest absolute Gasteiger partial charge is 0.481 e. The minimum atomic E-state index is -0.882. The van der Waals surface area contributed by atoms with Crippen molar-refractivity contribution in [3.63, 3.8) is 0 Å². The lowest BCUT2D eigenvalue weighted by molar-refractivity contribution is -0.137. The first-order valence-electron chi connectivity index (χ1n) is 6.38. The lowest BCUT2D eigenvalue weighted by Gasteiger charge is -2.22. The number of carboxylic acid groups (broad SMARTS) is 1. The molecule has 2 rings (SSSR count). The standard InChI is InChI=1S/C14H18N2O3/c1-9-8-10(2-5-12(9)15)14(19)16(11-3-4-11)7-6-13(17)18/h2,5,8,11H,3-4,6-7,15H2,1H3,(H,17,18). The van der Waals surface area contributed by atoms with Crippen LogP contribution in [0.4, 0.5) is 5.69 Å². The summed E-state index contributed by atoms with van der Waals surface area (Å²) in [4.78, 5) is 24.7. The van der Waals surface area contributed by atoms with Gasteiger partial charge in [-0.05, 0) is 43.5 Å². The number of anilines is 1. The highest BCUT2D eigenvalue weighted by atomic mass is 16.4. The molecular weight excluding hydrogens is 244 g/mol. The summed E-state index contributed by atoms with van der Waals surface area (Å²) in [6, 6.07) is 5.36. The van der Waals surface area contributed by atoms with E-state index in [0.29, 0.717) is 11.3 Å². The number of carbonyl (C=O) groups is 2. The van der Waals surface area contributed by atoms with Crippen molar-refractivity contribution >= 4 is 17.6 Å². The first kappa shape index (κ1) is 13.4. The molecule has 1 amide bonds. The van der Waals surface area contributed by atoms with E-state index in [0.717, 1.165) is 18.4 Å². The summed E-state index contributed by atoms with van der Waals surface area (Å²) in [7, 11) is 0. The molecule has 0 aliphatic heterocycles. The molecule has 0 saturated heterocycles. The molecule has 0 unspecified atom stereocenters. The molecule has 1 aromatic rings. The molecule has 19 heavy (non-hydrogen) atoms. The minimum Gasteiger partial charge on any atom is -0.481 e. The first-order chi connectivity index (χ1) is 8.99.